The molecule has 0 spiro atoms. The fraction of sp³-hybridized carbons (Fsp3) is 0.350. The molecule has 0 atom stereocenters. The molecule has 0 unspecified atom stereocenters. The number of carbonyl (C=O) groups is 1. The van der Waals surface area contributed by atoms with Crippen molar-refractivity contribution in [3.05, 3.63) is 59.2 Å². The Morgan fingerprint density at radius 2 is 1.74 bits per heavy atom. The summed E-state index contributed by atoms with van der Waals surface area (Å²) in [5, 5.41) is 2.80. The van der Waals surface area contributed by atoms with Gasteiger partial charge in [-0.25, -0.2) is 13.1 Å². The lowest BCUT2D eigenvalue weighted by Crippen LogP contribution is -2.32. The summed E-state index contributed by atoms with van der Waals surface area (Å²) >= 11 is 0. The van der Waals surface area contributed by atoms with E-state index in [9.17, 15) is 13.2 Å². The van der Waals surface area contributed by atoms with Crippen molar-refractivity contribution < 1.29 is 17.9 Å². The SMILES string of the molecule is COc1ccc(CCNC(=O)CCNS(=O)(=O)c2ccc(C)cc2C)cc1. The molecule has 0 saturated carbocycles. The molecule has 0 aliphatic heterocycles. The Hall–Kier alpha value is -2.38. The van der Waals surface area contributed by atoms with Gasteiger partial charge in [0.25, 0.3) is 0 Å². The third-order valence-electron chi connectivity index (χ3n) is 4.16. The van der Waals surface area contributed by atoms with Crippen LogP contribution in [0.3, 0.4) is 0 Å². The number of hydrogen-bond acceptors (Lipinski definition) is 4. The lowest BCUT2D eigenvalue weighted by Gasteiger charge is -2.10. The molecular weight excluding hydrogens is 364 g/mol. The van der Waals surface area contributed by atoms with Gasteiger partial charge in [-0.15, -0.1) is 0 Å². The summed E-state index contributed by atoms with van der Waals surface area (Å²) in [5.74, 6) is 0.603. The Bertz CT molecular complexity index is 877. The highest BCUT2D eigenvalue weighted by molar-refractivity contribution is 7.89. The van der Waals surface area contributed by atoms with Gasteiger partial charge in [-0.1, -0.05) is 29.8 Å². The zero-order chi connectivity index (χ0) is 19.9. The maximum Gasteiger partial charge on any atom is 0.240 e. The molecule has 2 rings (SSSR count). The van der Waals surface area contributed by atoms with E-state index in [-0.39, 0.29) is 23.8 Å². The van der Waals surface area contributed by atoms with Crippen molar-refractivity contribution >= 4 is 15.9 Å². The first-order chi connectivity index (χ1) is 12.8. The number of nitrogens with one attached hydrogen (secondary N) is 2. The van der Waals surface area contributed by atoms with Crippen molar-refractivity contribution in [2.75, 3.05) is 20.2 Å². The predicted molar refractivity (Wildman–Crippen MR) is 105 cm³/mol. The molecule has 7 heteroatoms. The van der Waals surface area contributed by atoms with Gasteiger partial charge in [0.1, 0.15) is 5.75 Å². The van der Waals surface area contributed by atoms with E-state index < -0.39 is 10.0 Å². The number of ether oxygens (including phenoxy) is 1. The van der Waals surface area contributed by atoms with E-state index >= 15 is 0 Å². The van der Waals surface area contributed by atoms with Crippen molar-refractivity contribution in [2.24, 2.45) is 0 Å². The molecule has 27 heavy (non-hydrogen) atoms. The van der Waals surface area contributed by atoms with Gasteiger partial charge in [0, 0.05) is 19.5 Å². The quantitative estimate of drug-likeness (QED) is 0.688. The molecule has 0 bridgehead atoms. The molecule has 146 valence electrons. The normalized spacial score (nSPS) is 11.2. The number of methoxy groups -OCH3 is 1. The molecule has 0 saturated heterocycles. The molecule has 0 aromatic heterocycles. The number of carbonyl (C=O) groups excluding carboxylic acids is 1. The van der Waals surface area contributed by atoms with Crippen molar-refractivity contribution in [1.82, 2.24) is 10.0 Å². The fourth-order valence-corrected chi connectivity index (χ4v) is 3.96. The van der Waals surface area contributed by atoms with Crippen LogP contribution in [-0.4, -0.2) is 34.5 Å². The highest BCUT2D eigenvalue weighted by Crippen LogP contribution is 2.16. The van der Waals surface area contributed by atoms with Crippen molar-refractivity contribution in [1.29, 1.82) is 0 Å². The summed E-state index contributed by atoms with van der Waals surface area (Å²) in [6.45, 7) is 4.22. The fourth-order valence-electron chi connectivity index (χ4n) is 2.70. The highest BCUT2D eigenvalue weighted by atomic mass is 32.2. The van der Waals surface area contributed by atoms with Crippen molar-refractivity contribution in [3.8, 4) is 5.75 Å². The monoisotopic (exact) mass is 390 g/mol. The number of benzene rings is 2. The topological polar surface area (TPSA) is 84.5 Å². The van der Waals surface area contributed by atoms with Crippen LogP contribution in [0, 0.1) is 13.8 Å². The molecule has 0 aliphatic carbocycles. The standard InChI is InChI=1S/C20H26N2O4S/c1-15-4-9-19(16(2)14-15)27(24,25)22-13-11-20(23)21-12-10-17-5-7-18(26-3)8-6-17/h4-9,14,22H,10-13H2,1-3H3,(H,21,23). The van der Waals surface area contributed by atoms with E-state index in [4.69, 9.17) is 4.74 Å². The van der Waals surface area contributed by atoms with Crippen LogP contribution in [0.1, 0.15) is 23.1 Å². The van der Waals surface area contributed by atoms with E-state index in [0.29, 0.717) is 18.5 Å². The van der Waals surface area contributed by atoms with Crippen LogP contribution < -0.4 is 14.8 Å². The van der Waals surface area contributed by atoms with E-state index in [1.165, 1.54) is 0 Å². The summed E-state index contributed by atoms with van der Waals surface area (Å²) in [6, 6.07) is 12.8. The molecule has 6 nitrogen and oxygen atoms in total. The molecule has 2 aromatic carbocycles. The average Bonchev–Trinajstić information content (AvgIpc) is 2.61. The molecule has 0 fully saturated rings. The lowest BCUT2D eigenvalue weighted by molar-refractivity contribution is -0.120. The number of hydrogen-bond donors (Lipinski definition) is 2. The van der Waals surface area contributed by atoms with Gasteiger partial charge in [0.2, 0.25) is 15.9 Å². The van der Waals surface area contributed by atoms with Crippen LogP contribution in [0.15, 0.2) is 47.4 Å². The van der Waals surface area contributed by atoms with Crippen LogP contribution in [-0.2, 0) is 21.2 Å². The molecule has 0 aliphatic rings. The molecule has 2 N–H and O–H groups in total. The number of amides is 1. The molecule has 0 heterocycles. The number of aryl methyl sites for hydroxylation is 2. The third kappa shape index (κ3) is 6.37. The summed E-state index contributed by atoms with van der Waals surface area (Å²) < 4.78 is 32.3. The first-order valence-electron chi connectivity index (χ1n) is 8.78. The summed E-state index contributed by atoms with van der Waals surface area (Å²) in [4.78, 5) is 12.1. The Kier molecular flexibility index (Phi) is 7.38. The first kappa shape index (κ1) is 20.9. The maximum absolute atomic E-state index is 12.3. The lowest BCUT2D eigenvalue weighted by atomic mass is 10.1. The van der Waals surface area contributed by atoms with Gasteiger partial charge in [-0.05, 0) is 49.6 Å². The predicted octanol–water partition coefficient (Wildman–Crippen LogP) is 2.34. The first-order valence-corrected chi connectivity index (χ1v) is 10.3. The van der Waals surface area contributed by atoms with Crippen LogP contribution >= 0.6 is 0 Å². The molecular formula is C20H26N2O4S. The minimum absolute atomic E-state index is 0.0595. The van der Waals surface area contributed by atoms with Crippen LogP contribution in [0.25, 0.3) is 0 Å². The van der Waals surface area contributed by atoms with Gasteiger partial charge in [0.05, 0.1) is 12.0 Å². The third-order valence-corrected chi connectivity index (χ3v) is 5.78. The van der Waals surface area contributed by atoms with Gasteiger partial charge >= 0.3 is 0 Å². The Morgan fingerprint density at radius 1 is 1.04 bits per heavy atom. The van der Waals surface area contributed by atoms with Gasteiger partial charge < -0.3 is 10.1 Å². The second-order valence-electron chi connectivity index (χ2n) is 6.36. The minimum Gasteiger partial charge on any atom is -0.497 e. The Labute approximate surface area is 161 Å². The molecule has 2 aromatic rings. The van der Waals surface area contributed by atoms with E-state index in [1.54, 1.807) is 26.2 Å². The Morgan fingerprint density at radius 3 is 2.37 bits per heavy atom. The maximum atomic E-state index is 12.3. The number of rotatable bonds is 9. The van der Waals surface area contributed by atoms with E-state index in [2.05, 4.69) is 10.0 Å². The van der Waals surface area contributed by atoms with Crippen LogP contribution in [0.2, 0.25) is 0 Å². The summed E-state index contributed by atoms with van der Waals surface area (Å²) in [5.41, 5.74) is 2.78. The largest absolute Gasteiger partial charge is 0.497 e. The highest BCUT2D eigenvalue weighted by Gasteiger charge is 2.16. The van der Waals surface area contributed by atoms with Crippen molar-refractivity contribution in [2.45, 2.75) is 31.6 Å². The van der Waals surface area contributed by atoms with Gasteiger partial charge in [-0.2, -0.15) is 0 Å². The zero-order valence-electron chi connectivity index (χ0n) is 15.9. The molecule has 1 amide bonds. The second-order valence-corrected chi connectivity index (χ2v) is 8.10. The average molecular weight is 391 g/mol. The van der Waals surface area contributed by atoms with E-state index in [1.807, 2.05) is 37.3 Å². The minimum atomic E-state index is -3.62. The summed E-state index contributed by atoms with van der Waals surface area (Å²) in [7, 11) is -2.00. The van der Waals surface area contributed by atoms with E-state index in [0.717, 1.165) is 16.9 Å². The van der Waals surface area contributed by atoms with Crippen LogP contribution in [0.4, 0.5) is 0 Å². The molecule has 0 radical (unpaired) electrons. The van der Waals surface area contributed by atoms with Gasteiger partial charge in [-0.3, -0.25) is 4.79 Å². The van der Waals surface area contributed by atoms with Crippen LogP contribution in [0.5, 0.6) is 5.75 Å². The van der Waals surface area contributed by atoms with Gasteiger partial charge in [0.15, 0.2) is 0 Å². The smallest absolute Gasteiger partial charge is 0.240 e. The second kappa shape index (κ2) is 9.53. The summed E-state index contributed by atoms with van der Waals surface area (Å²) in [6.07, 6.45) is 0.788. The van der Waals surface area contributed by atoms with Crippen molar-refractivity contribution in [3.63, 3.8) is 0 Å². The Balaban J connectivity index is 1.74. The zero-order valence-corrected chi connectivity index (χ0v) is 16.7. The number of sulfonamides is 1.